The lowest BCUT2D eigenvalue weighted by molar-refractivity contribution is 1.82. The Labute approximate surface area is 83.5 Å². The maximum absolute atomic E-state index is 3.63. The molecule has 0 aromatic carbocycles. The third kappa shape index (κ3) is 9.66. The van der Waals surface area contributed by atoms with Crippen molar-refractivity contribution in [3.05, 3.63) is 48.3 Å². The van der Waals surface area contributed by atoms with E-state index < -0.39 is 0 Å². The molecule has 0 aliphatic heterocycles. The summed E-state index contributed by atoms with van der Waals surface area (Å²) in [5, 5.41) is 4.12. The van der Waals surface area contributed by atoms with Gasteiger partial charge in [-0.2, -0.15) is 0 Å². The van der Waals surface area contributed by atoms with Crippen molar-refractivity contribution in [2.45, 2.75) is 0 Å². The molecule has 0 rings (SSSR count). The predicted octanol–water partition coefficient (Wildman–Crippen LogP) is 3.85. The molecule has 66 valence electrons. The minimum atomic E-state index is 0.976. The van der Waals surface area contributed by atoms with Crippen molar-refractivity contribution in [2.24, 2.45) is 0 Å². The molecule has 0 radical (unpaired) electrons. The third-order valence-corrected chi connectivity index (χ3v) is 2.44. The summed E-state index contributed by atoms with van der Waals surface area (Å²) in [6.45, 7) is 7.26. The van der Waals surface area contributed by atoms with E-state index in [-0.39, 0.29) is 0 Å². The fourth-order valence-electron chi connectivity index (χ4n) is 0.449. The minimum absolute atomic E-state index is 0.976. The molecule has 0 nitrogen and oxygen atoms in total. The Balaban J connectivity index is 3.26. The Kier molecular flexibility index (Phi) is 10.4. The summed E-state index contributed by atoms with van der Waals surface area (Å²) in [4.78, 5) is 0. The zero-order chi connectivity index (χ0) is 9.07. The molecule has 0 aliphatic rings. The van der Waals surface area contributed by atoms with Crippen LogP contribution >= 0.6 is 23.5 Å². The Morgan fingerprint density at radius 3 is 1.58 bits per heavy atom. The van der Waals surface area contributed by atoms with E-state index in [1.165, 1.54) is 0 Å². The van der Waals surface area contributed by atoms with Crippen LogP contribution in [0, 0.1) is 0 Å². The van der Waals surface area contributed by atoms with Crippen molar-refractivity contribution >= 4 is 23.5 Å². The summed E-state index contributed by atoms with van der Waals surface area (Å²) in [6, 6.07) is 0. The van der Waals surface area contributed by atoms with Crippen molar-refractivity contribution in [3.8, 4) is 0 Å². The summed E-state index contributed by atoms with van der Waals surface area (Å²) in [5.41, 5.74) is 0. The number of hydrogen-bond donors (Lipinski definition) is 0. The zero-order valence-electron chi connectivity index (χ0n) is 7.11. The maximum Gasteiger partial charge on any atom is 0.0152 e. The monoisotopic (exact) mass is 198 g/mol. The molecule has 0 heterocycles. The lowest BCUT2D eigenvalue weighted by atomic mass is 10.6. The van der Waals surface area contributed by atoms with Gasteiger partial charge in [-0.1, -0.05) is 24.3 Å². The average molecular weight is 198 g/mol. The van der Waals surface area contributed by atoms with Gasteiger partial charge in [-0.05, 0) is 10.8 Å². The molecule has 0 saturated carbocycles. The number of thioether (sulfide) groups is 2. The quantitative estimate of drug-likeness (QED) is 0.346. The molecule has 0 unspecified atom stereocenters. The first-order valence-corrected chi connectivity index (χ1v) is 5.78. The summed E-state index contributed by atoms with van der Waals surface area (Å²) in [5.74, 6) is 1.95. The average Bonchev–Trinajstić information content (AvgIpc) is 2.10. The van der Waals surface area contributed by atoms with Gasteiger partial charge in [-0.15, -0.1) is 36.7 Å². The molecular formula is C10H14S2. The highest BCUT2D eigenvalue weighted by molar-refractivity contribution is 8.02. The van der Waals surface area contributed by atoms with E-state index in [1.54, 1.807) is 23.5 Å². The van der Waals surface area contributed by atoms with Crippen LogP contribution in [0.3, 0.4) is 0 Å². The van der Waals surface area contributed by atoms with E-state index in [2.05, 4.69) is 24.0 Å². The Bertz CT molecular complexity index is 149. The minimum Gasteiger partial charge on any atom is -0.130 e. The first-order valence-electron chi connectivity index (χ1n) is 3.68. The second kappa shape index (κ2) is 10.7. The molecule has 0 aliphatic carbocycles. The van der Waals surface area contributed by atoms with Crippen LogP contribution in [0.1, 0.15) is 0 Å². The Morgan fingerprint density at radius 2 is 1.25 bits per heavy atom. The SMILES string of the molecule is C=CCS/C=C/C=C/SCC=C. The molecule has 0 saturated heterocycles. The van der Waals surface area contributed by atoms with Gasteiger partial charge in [-0.25, -0.2) is 0 Å². The van der Waals surface area contributed by atoms with Crippen LogP contribution in [0.4, 0.5) is 0 Å². The highest BCUT2D eigenvalue weighted by Crippen LogP contribution is 2.04. The molecule has 0 spiro atoms. The molecule has 0 amide bonds. The van der Waals surface area contributed by atoms with Gasteiger partial charge in [-0.3, -0.25) is 0 Å². The molecule has 12 heavy (non-hydrogen) atoms. The van der Waals surface area contributed by atoms with E-state index in [0.29, 0.717) is 0 Å². The first-order chi connectivity index (χ1) is 5.91. The summed E-state index contributed by atoms with van der Waals surface area (Å²) < 4.78 is 0. The van der Waals surface area contributed by atoms with Gasteiger partial charge >= 0.3 is 0 Å². The van der Waals surface area contributed by atoms with E-state index in [9.17, 15) is 0 Å². The molecular weight excluding hydrogens is 184 g/mol. The van der Waals surface area contributed by atoms with Crippen molar-refractivity contribution in [2.75, 3.05) is 11.5 Å². The lowest BCUT2D eigenvalue weighted by Crippen LogP contribution is -1.61. The molecule has 2 heteroatoms. The Hall–Kier alpha value is -0.340. The lowest BCUT2D eigenvalue weighted by Gasteiger charge is -1.84. The molecule has 0 fully saturated rings. The van der Waals surface area contributed by atoms with Gasteiger partial charge in [0.05, 0.1) is 0 Å². The molecule has 0 atom stereocenters. The summed E-state index contributed by atoms with van der Waals surface area (Å²) in [7, 11) is 0. The van der Waals surface area contributed by atoms with E-state index in [4.69, 9.17) is 0 Å². The van der Waals surface area contributed by atoms with Crippen molar-refractivity contribution in [3.63, 3.8) is 0 Å². The summed E-state index contributed by atoms with van der Waals surface area (Å²) >= 11 is 3.48. The number of hydrogen-bond acceptors (Lipinski definition) is 2. The highest BCUT2D eigenvalue weighted by Gasteiger charge is 1.73. The van der Waals surface area contributed by atoms with Gasteiger partial charge in [0.2, 0.25) is 0 Å². The summed E-state index contributed by atoms with van der Waals surface area (Å²) in [6.07, 6.45) is 7.85. The predicted molar refractivity (Wildman–Crippen MR) is 63.6 cm³/mol. The van der Waals surface area contributed by atoms with Crippen LogP contribution in [0.25, 0.3) is 0 Å². The normalized spacial score (nSPS) is 11.0. The van der Waals surface area contributed by atoms with Crippen LogP contribution in [-0.4, -0.2) is 11.5 Å². The van der Waals surface area contributed by atoms with E-state index in [1.807, 2.05) is 24.3 Å². The largest absolute Gasteiger partial charge is 0.130 e. The van der Waals surface area contributed by atoms with Crippen molar-refractivity contribution in [1.29, 1.82) is 0 Å². The Morgan fingerprint density at radius 1 is 0.833 bits per heavy atom. The van der Waals surface area contributed by atoms with E-state index in [0.717, 1.165) is 11.5 Å². The van der Waals surface area contributed by atoms with Crippen LogP contribution in [0.2, 0.25) is 0 Å². The molecule has 0 bridgehead atoms. The fraction of sp³-hybridized carbons (Fsp3) is 0.200. The van der Waals surface area contributed by atoms with Crippen LogP contribution in [-0.2, 0) is 0 Å². The molecule has 0 aromatic rings. The van der Waals surface area contributed by atoms with Crippen LogP contribution in [0.5, 0.6) is 0 Å². The second-order valence-corrected chi connectivity index (χ2v) is 3.78. The highest BCUT2D eigenvalue weighted by atomic mass is 32.2. The van der Waals surface area contributed by atoms with E-state index >= 15 is 0 Å². The fourth-order valence-corrected chi connectivity index (χ4v) is 1.35. The smallest absolute Gasteiger partial charge is 0.0152 e. The second-order valence-electron chi connectivity index (χ2n) is 1.90. The van der Waals surface area contributed by atoms with Gasteiger partial charge in [0.25, 0.3) is 0 Å². The van der Waals surface area contributed by atoms with Gasteiger partial charge in [0, 0.05) is 11.5 Å². The zero-order valence-corrected chi connectivity index (χ0v) is 8.74. The standard InChI is InChI=1S/C10H14S2/c1-3-7-11-9-5-6-10-12-8-4-2/h3-6,9-10H,1-2,7-8H2/b9-5+,10-6+. The maximum atomic E-state index is 3.63. The molecule has 0 N–H and O–H groups in total. The van der Waals surface area contributed by atoms with Gasteiger partial charge in [0.1, 0.15) is 0 Å². The van der Waals surface area contributed by atoms with Crippen molar-refractivity contribution < 1.29 is 0 Å². The van der Waals surface area contributed by atoms with Crippen molar-refractivity contribution in [1.82, 2.24) is 0 Å². The topological polar surface area (TPSA) is 0 Å². The van der Waals surface area contributed by atoms with Gasteiger partial charge in [0.15, 0.2) is 0 Å². The number of rotatable bonds is 7. The van der Waals surface area contributed by atoms with Crippen LogP contribution in [0.15, 0.2) is 48.3 Å². The van der Waals surface area contributed by atoms with Crippen LogP contribution < -0.4 is 0 Å². The van der Waals surface area contributed by atoms with Gasteiger partial charge < -0.3 is 0 Å². The molecule has 0 aromatic heterocycles. The number of allylic oxidation sites excluding steroid dienone is 2. The third-order valence-electron chi connectivity index (χ3n) is 0.889. The first kappa shape index (κ1) is 11.7.